The molecule has 4 rings (SSSR count). The standard InChI is InChI=1S/C24H17Cl2F5N4OS/c25-13-3-1-12(2-4-13)23(36)33-24(37)32-14-5-6-16(15(26)11-14)34-7-9-35(10-8-34)22-20(30)18(28)17(27)19(29)21(22)31/h1-6,11H,7-10H2,(H2,32,33,36,37). The Bertz CT molecular complexity index is 1340. The maximum absolute atomic E-state index is 14.2. The van der Waals surface area contributed by atoms with E-state index in [0.29, 0.717) is 27.0 Å². The van der Waals surface area contributed by atoms with Crippen LogP contribution in [0.2, 0.25) is 10.0 Å². The summed E-state index contributed by atoms with van der Waals surface area (Å²) in [4.78, 5) is 15.2. The Morgan fingerprint density at radius 1 is 0.784 bits per heavy atom. The molecule has 0 spiro atoms. The molecule has 1 aliphatic heterocycles. The zero-order chi connectivity index (χ0) is 26.9. The van der Waals surface area contributed by atoms with Gasteiger partial charge in [0.1, 0.15) is 5.69 Å². The van der Waals surface area contributed by atoms with Crippen molar-refractivity contribution in [1.29, 1.82) is 0 Å². The second kappa shape index (κ2) is 11.1. The Balaban J connectivity index is 1.39. The molecule has 1 amide bonds. The van der Waals surface area contributed by atoms with E-state index in [1.165, 1.54) is 0 Å². The molecule has 3 aromatic rings. The molecule has 0 unspecified atom stereocenters. The van der Waals surface area contributed by atoms with E-state index in [1.807, 2.05) is 4.90 Å². The van der Waals surface area contributed by atoms with Crippen LogP contribution >= 0.6 is 35.4 Å². The minimum absolute atomic E-state index is 0.00447. The molecular formula is C24H17Cl2F5N4OS. The van der Waals surface area contributed by atoms with Gasteiger partial charge in [-0.15, -0.1) is 0 Å². The molecule has 0 radical (unpaired) electrons. The van der Waals surface area contributed by atoms with E-state index in [0.717, 1.165) is 4.90 Å². The quantitative estimate of drug-likeness (QED) is 0.169. The lowest BCUT2D eigenvalue weighted by molar-refractivity contribution is 0.0977. The Hall–Kier alpha value is -3.15. The van der Waals surface area contributed by atoms with Crippen LogP contribution in [0.15, 0.2) is 42.5 Å². The summed E-state index contributed by atoms with van der Waals surface area (Å²) in [5.41, 5.74) is 0.512. The van der Waals surface area contributed by atoms with Crippen molar-refractivity contribution in [1.82, 2.24) is 5.32 Å². The highest BCUT2D eigenvalue weighted by Gasteiger charge is 2.31. The van der Waals surface area contributed by atoms with Gasteiger partial charge in [-0.2, -0.15) is 0 Å². The van der Waals surface area contributed by atoms with Crippen molar-refractivity contribution in [2.45, 2.75) is 0 Å². The second-order valence-corrected chi connectivity index (χ2v) is 9.23. The molecule has 37 heavy (non-hydrogen) atoms. The van der Waals surface area contributed by atoms with Crippen LogP contribution < -0.4 is 20.4 Å². The van der Waals surface area contributed by atoms with Crippen LogP contribution in [0.3, 0.4) is 0 Å². The van der Waals surface area contributed by atoms with E-state index >= 15 is 0 Å². The van der Waals surface area contributed by atoms with E-state index in [4.69, 9.17) is 35.4 Å². The lowest BCUT2D eigenvalue weighted by atomic mass is 10.2. The lowest BCUT2D eigenvalue weighted by Gasteiger charge is -2.38. The molecular weight excluding hydrogens is 558 g/mol. The number of rotatable bonds is 4. The maximum atomic E-state index is 14.2. The number of carbonyl (C=O) groups excluding carboxylic acids is 1. The third-order valence-electron chi connectivity index (χ3n) is 5.66. The van der Waals surface area contributed by atoms with Gasteiger partial charge in [0.25, 0.3) is 5.91 Å². The fraction of sp³-hybridized carbons (Fsp3) is 0.167. The highest BCUT2D eigenvalue weighted by Crippen LogP contribution is 2.33. The highest BCUT2D eigenvalue weighted by atomic mass is 35.5. The molecule has 3 aromatic carbocycles. The predicted molar refractivity (Wildman–Crippen MR) is 137 cm³/mol. The number of benzene rings is 3. The smallest absolute Gasteiger partial charge is 0.257 e. The summed E-state index contributed by atoms with van der Waals surface area (Å²) < 4.78 is 68.9. The highest BCUT2D eigenvalue weighted by molar-refractivity contribution is 7.80. The average Bonchev–Trinajstić information content (AvgIpc) is 2.87. The lowest BCUT2D eigenvalue weighted by Crippen LogP contribution is -2.47. The number of hydrogen-bond acceptors (Lipinski definition) is 4. The van der Waals surface area contributed by atoms with Gasteiger partial charge in [0, 0.05) is 42.5 Å². The van der Waals surface area contributed by atoms with Crippen molar-refractivity contribution in [3.8, 4) is 0 Å². The largest absolute Gasteiger partial charge is 0.367 e. The Morgan fingerprint density at radius 2 is 1.32 bits per heavy atom. The monoisotopic (exact) mass is 574 g/mol. The Labute approximate surface area is 223 Å². The number of amides is 1. The summed E-state index contributed by atoms with van der Waals surface area (Å²) in [6, 6.07) is 11.2. The van der Waals surface area contributed by atoms with Crippen molar-refractivity contribution >= 4 is 63.5 Å². The summed E-state index contributed by atoms with van der Waals surface area (Å²) >= 11 is 17.4. The molecule has 2 N–H and O–H groups in total. The normalized spacial score (nSPS) is 13.5. The number of hydrogen-bond donors (Lipinski definition) is 2. The first-order valence-corrected chi connectivity index (χ1v) is 11.9. The molecule has 0 saturated carbocycles. The van der Waals surface area contributed by atoms with Gasteiger partial charge in [-0.25, -0.2) is 22.0 Å². The molecule has 0 bridgehead atoms. The zero-order valence-electron chi connectivity index (χ0n) is 18.7. The first-order chi connectivity index (χ1) is 17.6. The molecule has 0 aliphatic carbocycles. The van der Waals surface area contributed by atoms with Crippen molar-refractivity contribution in [3.05, 3.63) is 87.2 Å². The van der Waals surface area contributed by atoms with Crippen molar-refractivity contribution in [2.75, 3.05) is 41.3 Å². The van der Waals surface area contributed by atoms with E-state index in [1.54, 1.807) is 42.5 Å². The number of thiocarbonyl (C=S) groups is 1. The third-order valence-corrected chi connectivity index (χ3v) is 6.42. The van der Waals surface area contributed by atoms with E-state index in [-0.39, 0.29) is 31.3 Å². The van der Waals surface area contributed by atoms with Crippen molar-refractivity contribution in [3.63, 3.8) is 0 Å². The average molecular weight is 575 g/mol. The summed E-state index contributed by atoms with van der Waals surface area (Å²) in [6.45, 7) is 0.411. The predicted octanol–water partition coefficient (Wildman–Crippen LogP) is 6.14. The van der Waals surface area contributed by atoms with Gasteiger partial charge in [-0.1, -0.05) is 23.2 Å². The zero-order valence-corrected chi connectivity index (χ0v) is 21.1. The number of carbonyl (C=O) groups is 1. The second-order valence-electron chi connectivity index (χ2n) is 7.97. The molecule has 5 nitrogen and oxygen atoms in total. The van der Waals surface area contributed by atoms with Crippen LogP contribution in [0.1, 0.15) is 10.4 Å². The van der Waals surface area contributed by atoms with Crippen LogP contribution in [0.5, 0.6) is 0 Å². The molecule has 1 fully saturated rings. The third kappa shape index (κ3) is 5.73. The van der Waals surface area contributed by atoms with Crippen LogP contribution in [-0.2, 0) is 0 Å². The van der Waals surface area contributed by atoms with Crippen molar-refractivity contribution in [2.24, 2.45) is 0 Å². The minimum Gasteiger partial charge on any atom is -0.367 e. The topological polar surface area (TPSA) is 47.6 Å². The Morgan fingerprint density at radius 3 is 1.89 bits per heavy atom. The number of anilines is 3. The first-order valence-electron chi connectivity index (χ1n) is 10.8. The molecule has 1 saturated heterocycles. The van der Waals surface area contributed by atoms with Crippen LogP contribution in [0, 0.1) is 29.1 Å². The molecule has 1 heterocycles. The molecule has 13 heteroatoms. The Kier molecular flexibility index (Phi) is 8.05. The van der Waals surface area contributed by atoms with Gasteiger partial charge in [-0.05, 0) is 54.7 Å². The summed E-state index contributed by atoms with van der Waals surface area (Å²) in [5, 5.41) is 6.26. The van der Waals surface area contributed by atoms with Crippen molar-refractivity contribution < 1.29 is 26.7 Å². The fourth-order valence-electron chi connectivity index (χ4n) is 3.82. The number of nitrogens with zero attached hydrogens (tertiary/aromatic N) is 2. The summed E-state index contributed by atoms with van der Waals surface area (Å²) in [6.07, 6.45) is 0. The van der Waals surface area contributed by atoms with Gasteiger partial charge >= 0.3 is 0 Å². The van der Waals surface area contributed by atoms with Gasteiger partial charge in [0.05, 0.1) is 10.7 Å². The van der Waals surface area contributed by atoms with Crippen LogP contribution in [-0.4, -0.2) is 37.2 Å². The van der Waals surface area contributed by atoms with Gasteiger partial charge in [-0.3, -0.25) is 10.1 Å². The van der Waals surface area contributed by atoms with Gasteiger partial charge in [0.2, 0.25) is 5.82 Å². The van der Waals surface area contributed by atoms with Crippen LogP contribution in [0.4, 0.5) is 39.0 Å². The summed E-state index contributed by atoms with van der Waals surface area (Å²) in [7, 11) is 0. The first kappa shape index (κ1) is 26.9. The molecule has 1 aliphatic rings. The van der Waals surface area contributed by atoms with E-state index in [2.05, 4.69) is 10.6 Å². The van der Waals surface area contributed by atoms with E-state index < -0.39 is 40.7 Å². The SMILES string of the molecule is O=C(NC(=S)Nc1ccc(N2CCN(c3c(F)c(F)c(F)c(F)c3F)CC2)c(Cl)c1)c1ccc(Cl)cc1. The molecule has 0 aromatic heterocycles. The van der Waals surface area contributed by atoms with Gasteiger partial charge < -0.3 is 15.1 Å². The number of piperazine rings is 1. The maximum Gasteiger partial charge on any atom is 0.257 e. The number of nitrogens with one attached hydrogen (secondary N) is 2. The molecule has 194 valence electrons. The summed E-state index contributed by atoms with van der Waals surface area (Å²) in [5.74, 6) is -10.3. The fourth-order valence-corrected chi connectivity index (χ4v) is 4.46. The van der Waals surface area contributed by atoms with E-state index in [9.17, 15) is 26.7 Å². The number of halogens is 7. The minimum atomic E-state index is -2.19. The van der Waals surface area contributed by atoms with Crippen LogP contribution in [0.25, 0.3) is 0 Å². The van der Waals surface area contributed by atoms with Gasteiger partial charge in [0.15, 0.2) is 28.4 Å². The molecule has 0 atom stereocenters.